The monoisotopic (exact) mass is 293 g/mol. The van der Waals surface area contributed by atoms with Crippen molar-refractivity contribution in [3.8, 4) is 0 Å². The van der Waals surface area contributed by atoms with Crippen LogP contribution in [0.2, 0.25) is 0 Å². The maximum absolute atomic E-state index is 13.4. The van der Waals surface area contributed by atoms with Gasteiger partial charge in [0.05, 0.1) is 6.61 Å². The van der Waals surface area contributed by atoms with Gasteiger partial charge in [-0.2, -0.15) is 4.39 Å². The van der Waals surface area contributed by atoms with Crippen molar-refractivity contribution in [3.05, 3.63) is 26.7 Å². The van der Waals surface area contributed by atoms with Crippen molar-refractivity contribution in [1.82, 2.24) is 9.55 Å². The Morgan fingerprint density at radius 3 is 2.65 bits per heavy atom. The number of hydrogen-bond acceptors (Lipinski definition) is 8. The molecule has 6 N–H and O–H groups in total. The number of aromatic amines is 1. The summed E-state index contributed by atoms with van der Waals surface area (Å²) in [5.41, 5.74) is 2.55. The van der Waals surface area contributed by atoms with Crippen LogP contribution in [-0.4, -0.2) is 49.9 Å². The molecule has 1 aliphatic rings. The molecule has 20 heavy (non-hydrogen) atoms. The second kappa shape index (κ2) is 5.30. The van der Waals surface area contributed by atoms with E-state index in [-0.39, 0.29) is 4.57 Å². The van der Waals surface area contributed by atoms with Gasteiger partial charge in [0.15, 0.2) is 12.3 Å². The molecule has 11 heteroatoms. The van der Waals surface area contributed by atoms with Crippen LogP contribution in [0.3, 0.4) is 0 Å². The number of nitrogens with zero attached hydrogens (tertiary/aromatic N) is 1. The first-order valence-electron chi connectivity index (χ1n) is 5.46. The molecule has 0 radical (unpaired) electrons. The van der Waals surface area contributed by atoms with Crippen LogP contribution in [0.5, 0.6) is 0 Å². The Bertz CT molecular complexity index is 615. The summed E-state index contributed by atoms with van der Waals surface area (Å²) in [6, 6.07) is 0. The topological polar surface area (TPSA) is 160 Å². The van der Waals surface area contributed by atoms with Crippen molar-refractivity contribution in [1.29, 1.82) is 0 Å². The second-order valence-electron chi connectivity index (χ2n) is 4.14. The molecule has 2 rings (SSSR count). The van der Waals surface area contributed by atoms with Crippen LogP contribution in [-0.2, 0) is 9.62 Å². The average molecular weight is 293 g/mol. The zero-order valence-electron chi connectivity index (χ0n) is 9.89. The molecular formula is C9H12FN3O7. The number of hydrogen-bond donors (Lipinski definition) is 5. The number of halogens is 1. The summed E-state index contributed by atoms with van der Waals surface area (Å²) in [6.07, 6.45) is -5.93. The van der Waals surface area contributed by atoms with Crippen molar-refractivity contribution in [2.45, 2.75) is 24.5 Å². The number of nitrogens with one attached hydrogen (secondary N) is 1. The molecule has 0 bridgehead atoms. The third kappa shape index (κ3) is 2.10. The normalized spacial score (nSPS) is 29.8. The van der Waals surface area contributed by atoms with E-state index in [9.17, 15) is 19.1 Å². The van der Waals surface area contributed by atoms with E-state index in [0.29, 0.717) is 0 Å². The van der Waals surface area contributed by atoms with Crippen molar-refractivity contribution in [2.24, 2.45) is 0 Å². The molecule has 1 unspecified atom stereocenters. The van der Waals surface area contributed by atoms with Gasteiger partial charge < -0.3 is 20.7 Å². The first-order chi connectivity index (χ1) is 9.42. The molecule has 112 valence electrons. The molecule has 10 nitrogen and oxygen atoms in total. The van der Waals surface area contributed by atoms with Crippen molar-refractivity contribution >= 4 is 5.82 Å². The van der Waals surface area contributed by atoms with Crippen LogP contribution < -0.4 is 17.0 Å². The number of aliphatic hydroxyl groups excluding tert-OH is 2. The van der Waals surface area contributed by atoms with E-state index < -0.39 is 54.0 Å². The van der Waals surface area contributed by atoms with Crippen molar-refractivity contribution in [2.75, 3.05) is 12.3 Å². The first-order valence-corrected chi connectivity index (χ1v) is 5.46. The predicted molar refractivity (Wildman–Crippen MR) is 60.2 cm³/mol. The number of anilines is 1. The molecule has 0 amide bonds. The van der Waals surface area contributed by atoms with Gasteiger partial charge in [-0.1, -0.05) is 0 Å². The number of ether oxygens (including phenoxy) is 1. The summed E-state index contributed by atoms with van der Waals surface area (Å²) in [5, 5.41) is 27.4. The standard InChI is InChI=1S/C9H12FN3O7/c10-3-6(11)12-9(17)13(7(3)16)8-4(15)5(20-18)2(1-14)19-8/h2,4-5,8,14-15,18H,1,11H2,(H,12,17)/t2-,4-,5-,8?/m1/s1. The lowest BCUT2D eigenvalue weighted by Crippen LogP contribution is -2.44. The predicted octanol–water partition coefficient (Wildman–Crippen LogP) is -2.63. The lowest BCUT2D eigenvalue weighted by atomic mass is 10.1. The quantitative estimate of drug-likeness (QED) is 0.299. The van der Waals surface area contributed by atoms with Gasteiger partial charge in [0, 0.05) is 0 Å². The lowest BCUT2D eigenvalue weighted by Gasteiger charge is -2.17. The van der Waals surface area contributed by atoms with Crippen molar-refractivity contribution in [3.63, 3.8) is 0 Å². The lowest BCUT2D eigenvalue weighted by molar-refractivity contribution is -0.300. The summed E-state index contributed by atoms with van der Waals surface area (Å²) >= 11 is 0. The van der Waals surface area contributed by atoms with Gasteiger partial charge in [-0.05, 0) is 0 Å². The zero-order chi connectivity index (χ0) is 15.0. The highest BCUT2D eigenvalue weighted by Crippen LogP contribution is 2.29. The summed E-state index contributed by atoms with van der Waals surface area (Å²) in [7, 11) is 0. The van der Waals surface area contributed by atoms with Crippen LogP contribution in [0.25, 0.3) is 0 Å². The number of H-pyrrole nitrogens is 1. The highest BCUT2D eigenvalue weighted by atomic mass is 19.1. The smallest absolute Gasteiger partial charge is 0.332 e. The molecule has 2 heterocycles. The SMILES string of the molecule is Nc1[nH]c(=O)n(C2O[C@H](CO)[C@@H](OO)[C@H]2O)c(=O)c1F. The van der Waals surface area contributed by atoms with E-state index in [1.165, 1.54) is 0 Å². The molecule has 0 spiro atoms. The van der Waals surface area contributed by atoms with E-state index in [1.54, 1.807) is 0 Å². The summed E-state index contributed by atoms with van der Waals surface area (Å²) < 4.78 is 18.7. The molecule has 1 aliphatic heterocycles. The van der Waals surface area contributed by atoms with E-state index in [0.717, 1.165) is 0 Å². The molecule has 1 aromatic heterocycles. The van der Waals surface area contributed by atoms with Crippen LogP contribution in [0, 0.1) is 5.82 Å². The molecule has 1 saturated heterocycles. The number of aliphatic hydroxyl groups is 2. The maximum atomic E-state index is 13.4. The number of nitrogen functional groups attached to an aromatic ring is 1. The van der Waals surface area contributed by atoms with E-state index >= 15 is 0 Å². The Hall–Kier alpha value is -1.79. The van der Waals surface area contributed by atoms with Gasteiger partial charge in [0.2, 0.25) is 5.82 Å². The molecule has 0 aromatic carbocycles. The summed E-state index contributed by atoms with van der Waals surface area (Å²) in [4.78, 5) is 29.1. The number of rotatable bonds is 3. The first kappa shape index (κ1) is 14.6. The van der Waals surface area contributed by atoms with E-state index in [1.807, 2.05) is 4.98 Å². The minimum absolute atomic E-state index is 0.248. The van der Waals surface area contributed by atoms with Gasteiger partial charge in [-0.15, -0.1) is 0 Å². The fraction of sp³-hybridized carbons (Fsp3) is 0.556. The van der Waals surface area contributed by atoms with Gasteiger partial charge in [-0.25, -0.2) is 14.2 Å². The fourth-order valence-corrected chi connectivity index (χ4v) is 1.98. The highest BCUT2D eigenvalue weighted by Gasteiger charge is 2.47. The van der Waals surface area contributed by atoms with Crippen LogP contribution in [0.15, 0.2) is 9.59 Å². The highest BCUT2D eigenvalue weighted by molar-refractivity contribution is 5.26. The molecule has 0 saturated carbocycles. The number of nitrogens with two attached hydrogens (primary N) is 1. The maximum Gasteiger partial charge on any atom is 0.332 e. The van der Waals surface area contributed by atoms with Gasteiger partial charge >= 0.3 is 5.69 Å². The Balaban J connectivity index is 2.51. The molecule has 4 atom stereocenters. The van der Waals surface area contributed by atoms with Crippen LogP contribution in [0.1, 0.15) is 6.23 Å². The van der Waals surface area contributed by atoms with Crippen LogP contribution >= 0.6 is 0 Å². The van der Waals surface area contributed by atoms with E-state index in [4.69, 9.17) is 20.8 Å². The Morgan fingerprint density at radius 1 is 1.50 bits per heavy atom. The van der Waals surface area contributed by atoms with Gasteiger partial charge in [0.25, 0.3) is 5.56 Å². The second-order valence-corrected chi connectivity index (χ2v) is 4.14. The molecular weight excluding hydrogens is 281 g/mol. The van der Waals surface area contributed by atoms with Crippen LogP contribution in [0.4, 0.5) is 10.2 Å². The number of aromatic nitrogens is 2. The summed E-state index contributed by atoms with van der Waals surface area (Å²) in [6.45, 7) is -0.664. The van der Waals surface area contributed by atoms with Crippen molar-refractivity contribution < 1.29 is 29.5 Å². The molecule has 1 fully saturated rings. The zero-order valence-corrected chi connectivity index (χ0v) is 9.89. The molecule has 0 aliphatic carbocycles. The van der Waals surface area contributed by atoms with Gasteiger partial charge in [-0.3, -0.25) is 15.0 Å². The minimum atomic E-state index is -1.68. The van der Waals surface area contributed by atoms with E-state index in [2.05, 4.69) is 4.89 Å². The third-order valence-electron chi connectivity index (χ3n) is 2.97. The van der Waals surface area contributed by atoms with Gasteiger partial charge in [0.1, 0.15) is 18.0 Å². The average Bonchev–Trinajstić information content (AvgIpc) is 2.73. The largest absolute Gasteiger partial charge is 0.394 e. The summed E-state index contributed by atoms with van der Waals surface area (Å²) in [5.74, 6) is -2.17. The Morgan fingerprint density at radius 2 is 2.15 bits per heavy atom. The fourth-order valence-electron chi connectivity index (χ4n) is 1.98. The third-order valence-corrected chi connectivity index (χ3v) is 2.97. The minimum Gasteiger partial charge on any atom is -0.394 e. The molecule has 1 aromatic rings. The Kier molecular flexibility index (Phi) is 3.87. The Labute approximate surface area is 109 Å².